The average molecular weight is 474 g/mol. The number of anilines is 1. The molecule has 1 fully saturated rings. The highest BCUT2D eigenvalue weighted by Gasteiger charge is 2.42. The maximum atomic E-state index is 13.8. The number of carbonyl (C=O) groups is 1. The van der Waals surface area contributed by atoms with Gasteiger partial charge in [-0.25, -0.2) is 4.68 Å². The van der Waals surface area contributed by atoms with E-state index in [-0.39, 0.29) is 22.6 Å². The number of alkyl halides is 3. The van der Waals surface area contributed by atoms with E-state index in [2.05, 4.69) is 35.1 Å². The van der Waals surface area contributed by atoms with E-state index in [4.69, 9.17) is 12.2 Å². The second-order valence-electron chi connectivity index (χ2n) is 10.0. The topological polar surface area (TPSA) is 76.2 Å². The second kappa shape index (κ2) is 8.99. The number of aromatic nitrogens is 2. The van der Waals surface area contributed by atoms with Crippen molar-refractivity contribution in [2.75, 3.05) is 25.0 Å². The van der Waals surface area contributed by atoms with E-state index >= 15 is 0 Å². The van der Waals surface area contributed by atoms with Gasteiger partial charge in [-0.05, 0) is 62.3 Å². The first-order valence-corrected chi connectivity index (χ1v) is 11.5. The molecule has 4 rings (SSSR count). The van der Waals surface area contributed by atoms with Crippen LogP contribution >= 0.6 is 0 Å². The molecule has 2 aliphatic rings. The number of hydrogen-bond acceptors (Lipinski definition) is 4. The summed E-state index contributed by atoms with van der Waals surface area (Å²) in [5.74, 6) is 2.05. The van der Waals surface area contributed by atoms with Gasteiger partial charge in [0.15, 0.2) is 5.69 Å². The fourth-order valence-corrected chi connectivity index (χ4v) is 5.04. The van der Waals surface area contributed by atoms with Crippen molar-refractivity contribution in [1.29, 1.82) is 0 Å². The molecular weight excluding hydrogens is 443 g/mol. The third-order valence-corrected chi connectivity index (χ3v) is 6.75. The minimum Gasteiger partial charge on any atom is -0.380 e. The molecule has 0 radical (unpaired) electrons. The van der Waals surface area contributed by atoms with Gasteiger partial charge < -0.3 is 11.1 Å². The van der Waals surface area contributed by atoms with Gasteiger partial charge in [0, 0.05) is 29.5 Å². The predicted molar refractivity (Wildman–Crippen MR) is 125 cm³/mol. The quantitative estimate of drug-likeness (QED) is 0.644. The summed E-state index contributed by atoms with van der Waals surface area (Å²) < 4.78 is 42.8. The van der Waals surface area contributed by atoms with Crippen LogP contribution < -0.4 is 11.1 Å². The van der Waals surface area contributed by atoms with Crippen LogP contribution in [0.3, 0.4) is 0 Å². The first kappa shape index (κ1) is 24.1. The van der Waals surface area contributed by atoms with Crippen LogP contribution in [0.2, 0.25) is 0 Å². The number of rotatable bonds is 5. The van der Waals surface area contributed by atoms with Crippen LogP contribution in [-0.2, 0) is 19.0 Å². The number of halogens is 3. The van der Waals surface area contributed by atoms with Crippen molar-refractivity contribution in [1.82, 2.24) is 14.7 Å². The van der Waals surface area contributed by atoms with Crippen molar-refractivity contribution in [3.63, 3.8) is 0 Å². The number of piperidine rings is 1. The van der Waals surface area contributed by atoms with Gasteiger partial charge in [0.1, 0.15) is 0 Å². The molecule has 2 aromatic rings. The number of amides is 1. The summed E-state index contributed by atoms with van der Waals surface area (Å²) in [5.41, 5.74) is 6.71. The van der Waals surface area contributed by atoms with Crippen LogP contribution in [-0.4, -0.2) is 46.3 Å². The van der Waals surface area contributed by atoms with Crippen molar-refractivity contribution < 1.29 is 18.0 Å². The van der Waals surface area contributed by atoms with Gasteiger partial charge in [0.05, 0.1) is 17.8 Å². The van der Waals surface area contributed by atoms with E-state index in [1.165, 1.54) is 4.68 Å². The Bertz CT molecular complexity index is 1130. The van der Waals surface area contributed by atoms with Crippen LogP contribution in [0.1, 0.15) is 60.4 Å². The summed E-state index contributed by atoms with van der Waals surface area (Å²) in [4.78, 5) is 14.3. The van der Waals surface area contributed by atoms with Crippen LogP contribution in [0.25, 0.3) is 5.69 Å². The van der Waals surface area contributed by atoms with Crippen molar-refractivity contribution in [2.24, 2.45) is 11.1 Å². The fourth-order valence-electron chi connectivity index (χ4n) is 5.04. The zero-order valence-electron chi connectivity index (χ0n) is 19.5. The highest BCUT2D eigenvalue weighted by molar-refractivity contribution is 5.99. The number of nitrogens with two attached hydrogens (primary N) is 1. The van der Waals surface area contributed by atoms with Gasteiger partial charge in [-0.15, -0.1) is 6.42 Å². The number of nitrogens with one attached hydrogen (secondary N) is 1. The van der Waals surface area contributed by atoms with E-state index in [9.17, 15) is 18.0 Å². The molecule has 0 spiro atoms. The summed E-state index contributed by atoms with van der Waals surface area (Å²) in [7, 11) is 0. The SMILES string of the molecule is C#CCN1CCC[C@H](Nc2cc(-n3nc(C(F)(F)F)c4c3CC(C)(C)CC4)ccc2C(N)=O)C1. The molecule has 1 saturated heterocycles. The minimum atomic E-state index is -4.53. The number of benzene rings is 1. The molecule has 1 aromatic carbocycles. The number of fused-ring (bicyclic) bond motifs is 1. The lowest BCUT2D eigenvalue weighted by atomic mass is 9.76. The van der Waals surface area contributed by atoms with Crippen molar-refractivity contribution in [3.05, 3.63) is 40.7 Å². The molecular formula is C25H30F3N5O. The zero-order valence-corrected chi connectivity index (χ0v) is 19.5. The van der Waals surface area contributed by atoms with E-state index in [1.807, 2.05) is 0 Å². The highest BCUT2D eigenvalue weighted by atomic mass is 19.4. The summed E-state index contributed by atoms with van der Waals surface area (Å²) in [6.07, 6.45) is 4.22. The Morgan fingerprint density at radius 3 is 2.82 bits per heavy atom. The summed E-state index contributed by atoms with van der Waals surface area (Å²) in [6, 6.07) is 4.87. The van der Waals surface area contributed by atoms with Gasteiger partial charge in [0.25, 0.3) is 5.91 Å². The lowest BCUT2D eigenvalue weighted by Gasteiger charge is -2.33. The van der Waals surface area contributed by atoms with Crippen LogP contribution in [0.5, 0.6) is 0 Å². The fraction of sp³-hybridized carbons (Fsp3) is 0.520. The second-order valence-corrected chi connectivity index (χ2v) is 10.0. The minimum absolute atomic E-state index is 0.0339. The molecule has 182 valence electrons. The van der Waals surface area contributed by atoms with E-state index in [1.54, 1.807) is 18.2 Å². The van der Waals surface area contributed by atoms with Gasteiger partial charge >= 0.3 is 6.18 Å². The molecule has 3 N–H and O–H groups in total. The molecule has 0 bridgehead atoms. The highest BCUT2D eigenvalue weighted by Crippen LogP contribution is 2.42. The van der Waals surface area contributed by atoms with Crippen molar-refractivity contribution in [3.8, 4) is 18.0 Å². The maximum absolute atomic E-state index is 13.8. The summed E-state index contributed by atoms with van der Waals surface area (Å²) >= 11 is 0. The Morgan fingerprint density at radius 2 is 2.15 bits per heavy atom. The summed E-state index contributed by atoms with van der Waals surface area (Å²) in [5, 5.41) is 7.40. The molecule has 1 aliphatic carbocycles. The number of likely N-dealkylation sites (tertiary alicyclic amines) is 1. The van der Waals surface area contributed by atoms with Crippen molar-refractivity contribution in [2.45, 2.75) is 58.2 Å². The van der Waals surface area contributed by atoms with Gasteiger partial charge in [0.2, 0.25) is 0 Å². The number of nitrogens with zero attached hydrogens (tertiary/aromatic N) is 3. The first-order valence-electron chi connectivity index (χ1n) is 11.5. The molecule has 6 nitrogen and oxygen atoms in total. The Kier molecular flexibility index (Phi) is 6.38. The van der Waals surface area contributed by atoms with Crippen molar-refractivity contribution >= 4 is 11.6 Å². The van der Waals surface area contributed by atoms with Crippen LogP contribution in [0, 0.1) is 17.8 Å². The predicted octanol–water partition coefficient (Wildman–Crippen LogP) is 4.01. The number of carbonyl (C=O) groups excluding carboxylic acids is 1. The molecule has 1 atom stereocenters. The lowest BCUT2D eigenvalue weighted by molar-refractivity contribution is -0.142. The van der Waals surface area contributed by atoms with Gasteiger partial charge in [-0.2, -0.15) is 18.3 Å². The Balaban J connectivity index is 1.74. The smallest absolute Gasteiger partial charge is 0.380 e. The Labute approximate surface area is 197 Å². The zero-order chi connectivity index (χ0) is 24.7. The normalized spacial score (nSPS) is 20.4. The van der Waals surface area contributed by atoms with E-state index in [0.29, 0.717) is 49.4 Å². The largest absolute Gasteiger partial charge is 0.435 e. The summed E-state index contributed by atoms with van der Waals surface area (Å²) in [6.45, 7) is 6.25. The van der Waals surface area contributed by atoms with Crippen LogP contribution in [0.4, 0.5) is 18.9 Å². The Morgan fingerprint density at radius 1 is 1.38 bits per heavy atom. The molecule has 0 saturated carbocycles. The van der Waals surface area contributed by atoms with E-state index in [0.717, 1.165) is 19.4 Å². The average Bonchev–Trinajstić information content (AvgIpc) is 3.12. The molecule has 1 amide bonds. The molecule has 0 unspecified atom stereocenters. The number of primary amides is 1. The number of terminal acetylenes is 1. The maximum Gasteiger partial charge on any atom is 0.435 e. The molecule has 2 heterocycles. The number of hydrogen-bond donors (Lipinski definition) is 2. The molecule has 1 aliphatic heterocycles. The third-order valence-electron chi connectivity index (χ3n) is 6.75. The Hall–Kier alpha value is -2.99. The first-order chi connectivity index (χ1) is 16.0. The monoisotopic (exact) mass is 473 g/mol. The molecule has 1 aromatic heterocycles. The molecule has 34 heavy (non-hydrogen) atoms. The van der Waals surface area contributed by atoms with Gasteiger partial charge in [-0.3, -0.25) is 9.69 Å². The van der Waals surface area contributed by atoms with E-state index < -0.39 is 17.8 Å². The lowest BCUT2D eigenvalue weighted by Crippen LogP contribution is -2.42. The van der Waals surface area contributed by atoms with Gasteiger partial charge in [-0.1, -0.05) is 19.8 Å². The van der Waals surface area contributed by atoms with Crippen LogP contribution in [0.15, 0.2) is 18.2 Å². The third kappa shape index (κ3) is 4.92. The standard InChI is InChI=1S/C25H30F3N5O/c1-4-11-32-12-5-6-16(15-32)30-20-13-17(7-8-18(20)23(29)34)33-21-14-24(2,3)10-9-19(21)22(31-33)25(26,27)28/h1,7-8,13,16,30H,5-6,9-12,14-15H2,2-3H3,(H2,29,34)/t16-/m0/s1. The molecule has 9 heteroatoms.